The zero-order valence-electron chi connectivity index (χ0n) is 13.2. The van der Waals surface area contributed by atoms with E-state index in [2.05, 4.69) is 14.7 Å². The van der Waals surface area contributed by atoms with Crippen molar-refractivity contribution in [2.45, 2.75) is 17.3 Å². The molecule has 2 aromatic heterocycles. The van der Waals surface area contributed by atoms with Crippen molar-refractivity contribution in [2.24, 2.45) is 0 Å². The molecule has 0 radical (unpaired) electrons. The third-order valence-corrected chi connectivity index (χ3v) is 5.20. The first-order chi connectivity index (χ1) is 12.4. The standard InChI is InChI=1S/C16H10F3N3O2S2/c1-25-15-22-14-13(26-15)12(10(6-20)7-21-14)23-8-9-3-2-4-11(5-9)24-16(17,18)19/h2-5,7H,8H2,1H3. The van der Waals surface area contributed by atoms with Crippen molar-refractivity contribution >= 4 is 33.4 Å². The van der Waals surface area contributed by atoms with Crippen LogP contribution in [0, 0.1) is 11.3 Å². The summed E-state index contributed by atoms with van der Waals surface area (Å²) in [6.45, 7) is -0.0324. The first-order valence-electron chi connectivity index (χ1n) is 7.10. The number of nitrogens with zero attached hydrogens (tertiary/aromatic N) is 3. The number of ether oxygens (including phenoxy) is 2. The lowest BCUT2D eigenvalue weighted by molar-refractivity contribution is -0.274. The predicted octanol–water partition coefficient (Wildman–Crippen LogP) is 4.76. The molecule has 0 amide bonds. The SMILES string of the molecule is CSc1nc2ncc(C#N)c(OCc3cccc(OC(F)(F)F)c3)c2s1. The van der Waals surface area contributed by atoms with Gasteiger partial charge in [-0.05, 0) is 24.0 Å². The average molecular weight is 397 g/mol. The molecule has 0 fully saturated rings. The quantitative estimate of drug-likeness (QED) is 0.578. The molecule has 26 heavy (non-hydrogen) atoms. The fourth-order valence-electron chi connectivity index (χ4n) is 2.13. The number of aromatic nitrogens is 2. The highest BCUT2D eigenvalue weighted by Crippen LogP contribution is 2.36. The van der Waals surface area contributed by atoms with E-state index in [1.165, 1.54) is 47.5 Å². The second kappa shape index (κ2) is 7.39. The molecule has 3 rings (SSSR count). The molecule has 1 aromatic carbocycles. The van der Waals surface area contributed by atoms with Crippen LogP contribution in [0.15, 0.2) is 34.8 Å². The Morgan fingerprint density at radius 1 is 1.35 bits per heavy atom. The molecule has 0 aliphatic heterocycles. The van der Waals surface area contributed by atoms with E-state index in [1.807, 2.05) is 12.3 Å². The fraction of sp³-hybridized carbons (Fsp3) is 0.188. The number of benzene rings is 1. The second-order valence-electron chi connectivity index (χ2n) is 4.93. The summed E-state index contributed by atoms with van der Waals surface area (Å²) in [6.07, 6.45) is -1.53. The summed E-state index contributed by atoms with van der Waals surface area (Å²) in [5.74, 6) is -0.0149. The van der Waals surface area contributed by atoms with E-state index >= 15 is 0 Å². The molecule has 0 aliphatic rings. The van der Waals surface area contributed by atoms with Crippen LogP contribution in [0.5, 0.6) is 11.5 Å². The van der Waals surface area contributed by atoms with Crippen molar-refractivity contribution < 1.29 is 22.6 Å². The van der Waals surface area contributed by atoms with E-state index in [0.717, 1.165) is 4.34 Å². The maximum atomic E-state index is 12.3. The van der Waals surface area contributed by atoms with Gasteiger partial charge in [0, 0.05) is 0 Å². The summed E-state index contributed by atoms with van der Waals surface area (Å²) in [5, 5.41) is 9.27. The lowest BCUT2D eigenvalue weighted by Gasteiger charge is -2.11. The van der Waals surface area contributed by atoms with Gasteiger partial charge in [0.05, 0.1) is 6.20 Å². The van der Waals surface area contributed by atoms with E-state index in [1.54, 1.807) is 6.07 Å². The number of fused-ring (bicyclic) bond motifs is 1. The third-order valence-electron chi connectivity index (χ3n) is 3.17. The predicted molar refractivity (Wildman–Crippen MR) is 91.4 cm³/mol. The lowest BCUT2D eigenvalue weighted by atomic mass is 10.2. The van der Waals surface area contributed by atoms with Crippen molar-refractivity contribution in [1.82, 2.24) is 9.97 Å². The Labute approximate surface area is 154 Å². The zero-order valence-corrected chi connectivity index (χ0v) is 14.8. The highest BCUT2D eigenvalue weighted by Gasteiger charge is 2.31. The maximum Gasteiger partial charge on any atom is 0.573 e. The molecular weight excluding hydrogens is 387 g/mol. The number of thioether (sulfide) groups is 1. The van der Waals surface area contributed by atoms with Crippen LogP contribution in [0.2, 0.25) is 0 Å². The van der Waals surface area contributed by atoms with Gasteiger partial charge in [-0.3, -0.25) is 0 Å². The summed E-state index contributed by atoms with van der Waals surface area (Å²) in [5.41, 5.74) is 1.16. The van der Waals surface area contributed by atoms with Gasteiger partial charge in [0.2, 0.25) is 0 Å². The van der Waals surface area contributed by atoms with Crippen molar-refractivity contribution in [3.05, 3.63) is 41.6 Å². The molecule has 0 saturated carbocycles. The lowest BCUT2D eigenvalue weighted by Crippen LogP contribution is -2.17. The largest absolute Gasteiger partial charge is 0.573 e. The molecule has 0 bridgehead atoms. The Bertz CT molecular complexity index is 983. The monoisotopic (exact) mass is 397 g/mol. The maximum absolute atomic E-state index is 12.3. The van der Waals surface area contributed by atoms with Gasteiger partial charge in [-0.25, -0.2) is 9.97 Å². The Kier molecular flexibility index (Phi) is 5.20. The van der Waals surface area contributed by atoms with Gasteiger partial charge in [0.15, 0.2) is 15.7 Å². The highest BCUT2D eigenvalue weighted by atomic mass is 32.2. The summed E-state index contributed by atoms with van der Waals surface area (Å²) < 4.78 is 48.0. The molecule has 0 saturated heterocycles. The number of alkyl halides is 3. The zero-order chi connectivity index (χ0) is 18.7. The van der Waals surface area contributed by atoms with E-state index in [-0.39, 0.29) is 17.9 Å². The molecule has 2 heterocycles. The summed E-state index contributed by atoms with van der Waals surface area (Å²) >= 11 is 2.78. The van der Waals surface area contributed by atoms with Gasteiger partial charge in [-0.1, -0.05) is 23.9 Å². The van der Waals surface area contributed by atoms with Gasteiger partial charge in [0.1, 0.15) is 28.7 Å². The van der Waals surface area contributed by atoms with Gasteiger partial charge in [-0.15, -0.1) is 24.5 Å². The molecule has 5 nitrogen and oxygen atoms in total. The average Bonchev–Trinajstić information content (AvgIpc) is 3.02. The smallest absolute Gasteiger partial charge is 0.486 e. The minimum Gasteiger partial charge on any atom is -0.486 e. The minimum atomic E-state index is -4.76. The first-order valence-corrected chi connectivity index (χ1v) is 9.15. The Morgan fingerprint density at radius 3 is 2.85 bits per heavy atom. The van der Waals surface area contributed by atoms with E-state index in [0.29, 0.717) is 21.7 Å². The molecule has 3 aromatic rings. The number of nitriles is 1. The van der Waals surface area contributed by atoms with E-state index in [9.17, 15) is 18.4 Å². The number of hydrogen-bond acceptors (Lipinski definition) is 7. The van der Waals surface area contributed by atoms with Gasteiger partial charge < -0.3 is 9.47 Å². The third kappa shape index (κ3) is 4.17. The Morgan fingerprint density at radius 2 is 2.15 bits per heavy atom. The molecule has 0 unspecified atom stereocenters. The van der Waals surface area contributed by atoms with Crippen LogP contribution in [-0.2, 0) is 6.61 Å². The molecule has 10 heteroatoms. The molecule has 134 valence electrons. The van der Waals surface area contributed by atoms with Crippen molar-refractivity contribution in [3.63, 3.8) is 0 Å². The van der Waals surface area contributed by atoms with Gasteiger partial charge in [0.25, 0.3) is 0 Å². The van der Waals surface area contributed by atoms with Gasteiger partial charge >= 0.3 is 6.36 Å². The fourth-order valence-corrected chi connectivity index (χ4v) is 3.65. The summed E-state index contributed by atoms with van der Waals surface area (Å²) in [6, 6.07) is 7.48. The van der Waals surface area contributed by atoms with E-state index in [4.69, 9.17) is 4.74 Å². The topological polar surface area (TPSA) is 68.0 Å². The molecule has 0 aliphatic carbocycles. The minimum absolute atomic E-state index is 0.0324. The van der Waals surface area contributed by atoms with Crippen LogP contribution < -0.4 is 9.47 Å². The first kappa shape index (κ1) is 18.3. The van der Waals surface area contributed by atoms with Crippen LogP contribution in [-0.4, -0.2) is 22.6 Å². The normalized spacial score (nSPS) is 11.3. The van der Waals surface area contributed by atoms with Crippen molar-refractivity contribution in [2.75, 3.05) is 6.26 Å². The molecule has 0 spiro atoms. The van der Waals surface area contributed by atoms with Crippen LogP contribution in [0.1, 0.15) is 11.1 Å². The number of pyridine rings is 1. The number of rotatable bonds is 5. The molecule has 0 atom stereocenters. The number of thiazole rings is 1. The molecular formula is C16H10F3N3O2S2. The van der Waals surface area contributed by atoms with Crippen LogP contribution in [0.3, 0.4) is 0 Å². The summed E-state index contributed by atoms with van der Waals surface area (Å²) in [7, 11) is 0. The molecule has 0 N–H and O–H groups in total. The highest BCUT2D eigenvalue weighted by molar-refractivity contribution is 8.00. The number of halogens is 3. The van der Waals surface area contributed by atoms with Crippen LogP contribution in [0.4, 0.5) is 13.2 Å². The number of hydrogen-bond donors (Lipinski definition) is 0. The van der Waals surface area contributed by atoms with E-state index < -0.39 is 6.36 Å². The van der Waals surface area contributed by atoms with Crippen molar-refractivity contribution in [1.29, 1.82) is 5.26 Å². The van der Waals surface area contributed by atoms with Gasteiger partial charge in [-0.2, -0.15) is 5.26 Å². The Balaban J connectivity index is 1.87. The Hall–Kier alpha value is -2.51. The second-order valence-corrected chi connectivity index (χ2v) is 6.99. The van der Waals surface area contributed by atoms with Crippen molar-refractivity contribution in [3.8, 4) is 17.6 Å². The summed E-state index contributed by atoms with van der Waals surface area (Å²) in [4.78, 5) is 8.44. The van der Waals surface area contributed by atoms with Crippen LogP contribution >= 0.6 is 23.1 Å². The van der Waals surface area contributed by atoms with Crippen LogP contribution in [0.25, 0.3) is 10.3 Å².